The minimum absolute atomic E-state index is 0.683. The van der Waals surface area contributed by atoms with Crippen molar-refractivity contribution in [3.63, 3.8) is 0 Å². The Kier molecular flexibility index (Phi) is 6.27. The minimum Gasteiger partial charge on any atom is -0.341 e. The number of hydrogen-bond acceptors (Lipinski definition) is 2. The number of allylic oxidation sites excluding steroid dienone is 2. The summed E-state index contributed by atoms with van der Waals surface area (Å²) in [6.07, 6.45) is 3.35. The van der Waals surface area contributed by atoms with Gasteiger partial charge in [-0.25, -0.2) is 0 Å². The van der Waals surface area contributed by atoms with Gasteiger partial charge < -0.3 is 4.89 Å². The molecule has 0 rings (SSSR count). The minimum atomic E-state index is 0.683. The first-order valence-corrected chi connectivity index (χ1v) is 4.24. The van der Waals surface area contributed by atoms with E-state index >= 15 is 0 Å². The lowest BCUT2D eigenvalue weighted by Gasteiger charge is -2.05. The Morgan fingerprint density at radius 2 is 2.27 bits per heavy atom. The van der Waals surface area contributed by atoms with Crippen LogP contribution in [0.3, 0.4) is 0 Å². The van der Waals surface area contributed by atoms with Crippen molar-refractivity contribution in [3.05, 3.63) is 22.9 Å². The monoisotopic (exact) mass is 220 g/mol. The molecule has 0 unspecified atom stereocenters. The highest BCUT2D eigenvalue weighted by atomic mass is 79.9. The number of hydrogen-bond donors (Lipinski definition) is 0. The second-order valence-electron chi connectivity index (χ2n) is 1.92. The molecule has 0 aliphatic carbocycles. The molecule has 0 aliphatic heterocycles. The zero-order chi connectivity index (χ0) is 8.69. The average Bonchev–Trinajstić information content (AvgIpc) is 2.03. The Morgan fingerprint density at radius 1 is 1.64 bits per heavy atom. The summed E-state index contributed by atoms with van der Waals surface area (Å²) in [7, 11) is 1.49. The Hall–Kier alpha value is -0.280. The van der Waals surface area contributed by atoms with Crippen LogP contribution in [0.5, 0.6) is 0 Å². The molecule has 64 valence electrons. The zero-order valence-electron chi connectivity index (χ0n) is 6.89. The van der Waals surface area contributed by atoms with Crippen molar-refractivity contribution in [2.24, 2.45) is 0 Å². The van der Waals surface area contributed by atoms with Gasteiger partial charge in [0.25, 0.3) is 0 Å². The van der Waals surface area contributed by atoms with Gasteiger partial charge in [-0.05, 0) is 6.42 Å². The second kappa shape index (κ2) is 6.43. The van der Waals surface area contributed by atoms with Crippen molar-refractivity contribution in [2.75, 3.05) is 7.11 Å². The van der Waals surface area contributed by atoms with Gasteiger partial charge in [-0.1, -0.05) is 28.9 Å². The fourth-order valence-corrected chi connectivity index (χ4v) is 0.847. The van der Waals surface area contributed by atoms with Crippen molar-refractivity contribution in [3.8, 4) is 0 Å². The highest BCUT2D eigenvalue weighted by Gasteiger charge is 2.02. The van der Waals surface area contributed by atoms with Crippen LogP contribution in [0.2, 0.25) is 0 Å². The lowest BCUT2D eigenvalue weighted by atomic mass is 10.3. The van der Waals surface area contributed by atoms with Gasteiger partial charge in [0, 0.05) is 10.9 Å². The Balaban J connectivity index is 4.16. The van der Waals surface area contributed by atoms with E-state index < -0.39 is 0 Å². The molecule has 0 heterocycles. The van der Waals surface area contributed by atoms with Gasteiger partial charge in [0.2, 0.25) is 0 Å². The summed E-state index contributed by atoms with van der Waals surface area (Å²) in [6.45, 7) is 5.64. The van der Waals surface area contributed by atoms with Crippen molar-refractivity contribution < 1.29 is 9.78 Å². The van der Waals surface area contributed by atoms with E-state index in [2.05, 4.69) is 27.4 Å². The maximum Gasteiger partial charge on any atom is 0.156 e. The van der Waals surface area contributed by atoms with Gasteiger partial charge in [0.05, 0.1) is 7.11 Å². The molecule has 0 bridgehead atoms. The van der Waals surface area contributed by atoms with Gasteiger partial charge >= 0.3 is 0 Å². The summed E-state index contributed by atoms with van der Waals surface area (Å²) in [5.41, 5.74) is 0. The molecule has 0 fully saturated rings. The summed E-state index contributed by atoms with van der Waals surface area (Å²) in [6, 6.07) is 0. The van der Waals surface area contributed by atoms with E-state index in [9.17, 15) is 0 Å². The molecule has 3 heteroatoms. The number of halogens is 1. The molecule has 0 amide bonds. The molecule has 0 saturated carbocycles. The van der Waals surface area contributed by atoms with Crippen molar-refractivity contribution in [1.29, 1.82) is 0 Å². The maximum absolute atomic E-state index is 4.90. The quantitative estimate of drug-likeness (QED) is 0.307. The van der Waals surface area contributed by atoms with Gasteiger partial charge in [-0.2, -0.15) is 4.89 Å². The molecule has 0 N–H and O–H groups in total. The molecule has 0 atom stereocenters. The smallest absolute Gasteiger partial charge is 0.156 e. The van der Waals surface area contributed by atoms with Crippen LogP contribution in [-0.4, -0.2) is 7.11 Å². The van der Waals surface area contributed by atoms with E-state index in [1.165, 1.54) is 7.11 Å². The molecule has 0 aromatic rings. The molecule has 0 aromatic heterocycles. The van der Waals surface area contributed by atoms with E-state index in [0.717, 1.165) is 16.7 Å². The maximum atomic E-state index is 4.90. The average molecular weight is 221 g/mol. The van der Waals surface area contributed by atoms with Crippen LogP contribution in [-0.2, 0) is 9.78 Å². The third-order valence-corrected chi connectivity index (χ3v) is 2.13. The van der Waals surface area contributed by atoms with Crippen LogP contribution >= 0.6 is 15.9 Å². The molecule has 0 aliphatic rings. The van der Waals surface area contributed by atoms with Gasteiger partial charge in [0.15, 0.2) is 5.76 Å². The van der Waals surface area contributed by atoms with Crippen LogP contribution < -0.4 is 0 Å². The summed E-state index contributed by atoms with van der Waals surface area (Å²) in [5, 5.41) is 0. The van der Waals surface area contributed by atoms with E-state index in [0.29, 0.717) is 6.42 Å². The zero-order valence-corrected chi connectivity index (χ0v) is 8.48. The van der Waals surface area contributed by atoms with Crippen molar-refractivity contribution in [2.45, 2.75) is 19.8 Å². The van der Waals surface area contributed by atoms with Gasteiger partial charge in [-0.15, -0.1) is 6.58 Å². The Bertz CT molecular complexity index is 152. The SMILES string of the molecule is C=CC/C(OOC)=C(\Br)CC. The lowest BCUT2D eigenvalue weighted by Crippen LogP contribution is -1.92. The summed E-state index contributed by atoms with van der Waals surface area (Å²) >= 11 is 3.37. The van der Waals surface area contributed by atoms with Crippen LogP contribution in [0.15, 0.2) is 22.9 Å². The predicted molar refractivity (Wildman–Crippen MR) is 49.2 cm³/mol. The molecule has 0 radical (unpaired) electrons. The van der Waals surface area contributed by atoms with Gasteiger partial charge in [0.1, 0.15) is 0 Å². The van der Waals surface area contributed by atoms with E-state index in [1.807, 2.05) is 6.92 Å². The highest BCUT2D eigenvalue weighted by molar-refractivity contribution is 9.11. The van der Waals surface area contributed by atoms with E-state index in [1.54, 1.807) is 6.08 Å². The van der Waals surface area contributed by atoms with Crippen molar-refractivity contribution >= 4 is 15.9 Å². The van der Waals surface area contributed by atoms with Crippen LogP contribution in [0.1, 0.15) is 19.8 Å². The summed E-state index contributed by atoms with van der Waals surface area (Å²) in [4.78, 5) is 9.44. The summed E-state index contributed by atoms with van der Waals surface area (Å²) in [5.74, 6) is 0.782. The largest absolute Gasteiger partial charge is 0.341 e. The molecule has 2 nitrogen and oxygen atoms in total. The first-order valence-electron chi connectivity index (χ1n) is 3.45. The standard InChI is InChI=1S/C8H13BrO2/c1-4-6-8(11-10-3)7(9)5-2/h4H,1,5-6H2,2-3H3/b8-7+. The molecular weight excluding hydrogens is 208 g/mol. The van der Waals surface area contributed by atoms with Crippen LogP contribution in [0.25, 0.3) is 0 Å². The van der Waals surface area contributed by atoms with E-state index in [4.69, 9.17) is 4.89 Å². The normalized spacial score (nSPS) is 12.3. The second-order valence-corrected chi connectivity index (χ2v) is 2.88. The van der Waals surface area contributed by atoms with Gasteiger partial charge in [-0.3, -0.25) is 0 Å². The molecule has 11 heavy (non-hydrogen) atoms. The highest BCUT2D eigenvalue weighted by Crippen LogP contribution is 2.19. The molecule has 0 spiro atoms. The topological polar surface area (TPSA) is 18.5 Å². The first-order chi connectivity index (χ1) is 5.26. The third-order valence-electron chi connectivity index (χ3n) is 1.13. The number of rotatable bonds is 5. The fraction of sp³-hybridized carbons (Fsp3) is 0.500. The van der Waals surface area contributed by atoms with Crippen LogP contribution in [0.4, 0.5) is 0 Å². The fourth-order valence-electron chi connectivity index (χ4n) is 0.619. The molecular formula is C8H13BrO2. The first kappa shape index (κ1) is 10.7. The lowest BCUT2D eigenvalue weighted by molar-refractivity contribution is -0.238. The Labute approximate surface area is 75.9 Å². The van der Waals surface area contributed by atoms with Crippen LogP contribution in [0, 0.1) is 0 Å². The van der Waals surface area contributed by atoms with Crippen molar-refractivity contribution in [1.82, 2.24) is 0 Å². The van der Waals surface area contributed by atoms with E-state index in [-0.39, 0.29) is 0 Å². The molecule has 0 aromatic carbocycles. The summed E-state index contributed by atoms with van der Waals surface area (Å²) < 4.78 is 1.01. The molecule has 0 saturated heterocycles. The Morgan fingerprint density at radius 3 is 2.64 bits per heavy atom. The third kappa shape index (κ3) is 4.22. The predicted octanol–water partition coefficient (Wildman–Crippen LogP) is 3.16.